The Kier molecular flexibility index (Phi) is 7.73. The van der Waals surface area contributed by atoms with Gasteiger partial charge in [0.15, 0.2) is 0 Å². The van der Waals surface area contributed by atoms with Crippen LogP contribution in [0, 0.1) is 11.7 Å². The molecule has 0 spiro atoms. The number of rotatable bonds is 9. The summed E-state index contributed by atoms with van der Waals surface area (Å²) in [4.78, 5) is 2.32. The van der Waals surface area contributed by atoms with Crippen molar-refractivity contribution in [2.24, 2.45) is 5.92 Å². The summed E-state index contributed by atoms with van der Waals surface area (Å²) in [5.41, 5.74) is 0.723. The zero-order chi connectivity index (χ0) is 15.0. The number of nitrogens with one attached hydrogen (secondary N) is 1. The highest BCUT2D eigenvalue weighted by atomic mass is 19.1. The molecule has 1 atom stereocenters. The van der Waals surface area contributed by atoms with Gasteiger partial charge in [-0.05, 0) is 19.0 Å². The van der Waals surface area contributed by atoms with Crippen molar-refractivity contribution in [2.45, 2.75) is 19.9 Å². The van der Waals surface area contributed by atoms with Crippen molar-refractivity contribution < 1.29 is 9.13 Å². The number of halogens is 1. The molecule has 0 fully saturated rings. The van der Waals surface area contributed by atoms with Crippen LogP contribution in [0.4, 0.5) is 4.39 Å². The lowest BCUT2D eigenvalue weighted by Gasteiger charge is -2.29. The topological polar surface area (TPSA) is 24.5 Å². The van der Waals surface area contributed by atoms with Gasteiger partial charge in [0.1, 0.15) is 5.82 Å². The molecule has 1 N–H and O–H groups in total. The Morgan fingerprint density at radius 3 is 2.50 bits per heavy atom. The Balaban J connectivity index is 2.74. The Labute approximate surface area is 122 Å². The summed E-state index contributed by atoms with van der Waals surface area (Å²) in [6, 6.07) is 6.96. The molecule has 0 aliphatic carbocycles. The van der Waals surface area contributed by atoms with Crippen LogP contribution in [0.5, 0.6) is 0 Å². The van der Waals surface area contributed by atoms with Crippen LogP contribution >= 0.6 is 0 Å². The van der Waals surface area contributed by atoms with E-state index in [2.05, 4.69) is 24.1 Å². The average molecular weight is 282 g/mol. The predicted octanol–water partition coefficient (Wildman–Crippen LogP) is 2.69. The second kappa shape index (κ2) is 9.06. The first-order valence-electron chi connectivity index (χ1n) is 7.21. The van der Waals surface area contributed by atoms with Crippen LogP contribution in [0.1, 0.15) is 25.5 Å². The molecule has 0 aliphatic heterocycles. The minimum atomic E-state index is -0.150. The summed E-state index contributed by atoms with van der Waals surface area (Å²) in [6.07, 6.45) is 0. The fourth-order valence-corrected chi connectivity index (χ4v) is 2.35. The number of likely N-dealkylation sites (N-methyl/N-ethyl adjacent to an activating group) is 1. The Bertz CT molecular complexity index is 384. The van der Waals surface area contributed by atoms with Gasteiger partial charge in [0, 0.05) is 38.3 Å². The molecule has 0 aromatic heterocycles. The highest BCUT2D eigenvalue weighted by molar-refractivity contribution is 5.21. The summed E-state index contributed by atoms with van der Waals surface area (Å²) in [5.74, 6) is 0.424. The van der Waals surface area contributed by atoms with Gasteiger partial charge in [-0.25, -0.2) is 4.39 Å². The van der Waals surface area contributed by atoms with Gasteiger partial charge in [0.25, 0.3) is 0 Å². The van der Waals surface area contributed by atoms with E-state index >= 15 is 0 Å². The summed E-state index contributed by atoms with van der Waals surface area (Å²) < 4.78 is 19.1. The number of hydrogen-bond donors (Lipinski definition) is 1. The minimum Gasteiger partial charge on any atom is -0.383 e. The zero-order valence-electron chi connectivity index (χ0n) is 13.0. The lowest BCUT2D eigenvalue weighted by molar-refractivity contribution is 0.133. The van der Waals surface area contributed by atoms with Crippen LogP contribution in [0.25, 0.3) is 0 Å². The van der Waals surface area contributed by atoms with E-state index in [4.69, 9.17) is 4.74 Å². The van der Waals surface area contributed by atoms with Gasteiger partial charge in [-0.1, -0.05) is 32.0 Å². The Hall–Kier alpha value is -0.970. The SMILES string of the molecule is CNC(CN(CCOC)CC(C)C)c1ccccc1F. The second-order valence-corrected chi connectivity index (χ2v) is 5.51. The van der Waals surface area contributed by atoms with Crippen molar-refractivity contribution in [2.75, 3.05) is 40.4 Å². The molecule has 0 bridgehead atoms. The van der Waals surface area contributed by atoms with Gasteiger partial charge in [-0.2, -0.15) is 0 Å². The van der Waals surface area contributed by atoms with E-state index in [1.807, 2.05) is 19.2 Å². The van der Waals surface area contributed by atoms with Crippen LogP contribution in [-0.4, -0.2) is 45.3 Å². The van der Waals surface area contributed by atoms with Crippen molar-refractivity contribution in [3.05, 3.63) is 35.6 Å². The van der Waals surface area contributed by atoms with Crippen LogP contribution in [0.2, 0.25) is 0 Å². The van der Waals surface area contributed by atoms with Gasteiger partial charge >= 0.3 is 0 Å². The number of hydrogen-bond acceptors (Lipinski definition) is 3. The molecule has 0 aliphatic rings. The highest BCUT2D eigenvalue weighted by Gasteiger charge is 2.18. The molecule has 1 aromatic rings. The largest absolute Gasteiger partial charge is 0.383 e. The van der Waals surface area contributed by atoms with E-state index in [9.17, 15) is 4.39 Å². The molecule has 0 saturated carbocycles. The smallest absolute Gasteiger partial charge is 0.128 e. The predicted molar refractivity (Wildman–Crippen MR) is 81.4 cm³/mol. The van der Waals surface area contributed by atoms with Gasteiger partial charge in [-0.15, -0.1) is 0 Å². The van der Waals surface area contributed by atoms with Crippen molar-refractivity contribution in [3.8, 4) is 0 Å². The molecule has 1 rings (SSSR count). The third-order valence-electron chi connectivity index (χ3n) is 3.30. The molecule has 4 heteroatoms. The fourth-order valence-electron chi connectivity index (χ4n) is 2.35. The first-order chi connectivity index (χ1) is 9.58. The first-order valence-corrected chi connectivity index (χ1v) is 7.21. The van der Waals surface area contributed by atoms with Crippen LogP contribution in [0.3, 0.4) is 0 Å². The summed E-state index contributed by atoms with van der Waals surface area (Å²) >= 11 is 0. The van der Waals surface area contributed by atoms with E-state index in [0.717, 1.165) is 25.2 Å². The second-order valence-electron chi connectivity index (χ2n) is 5.51. The molecule has 0 radical (unpaired) electrons. The highest BCUT2D eigenvalue weighted by Crippen LogP contribution is 2.18. The summed E-state index contributed by atoms with van der Waals surface area (Å²) in [6.45, 7) is 7.70. The van der Waals surface area contributed by atoms with E-state index in [1.54, 1.807) is 13.2 Å². The van der Waals surface area contributed by atoms with Gasteiger partial charge in [-0.3, -0.25) is 4.90 Å². The number of benzene rings is 1. The molecule has 1 aromatic carbocycles. The molecular formula is C16H27FN2O. The van der Waals surface area contributed by atoms with Gasteiger partial charge in [0.05, 0.1) is 6.61 Å². The first kappa shape index (κ1) is 17.1. The lowest BCUT2D eigenvalue weighted by atomic mass is 10.1. The Morgan fingerprint density at radius 1 is 1.25 bits per heavy atom. The lowest BCUT2D eigenvalue weighted by Crippen LogP contribution is -2.38. The van der Waals surface area contributed by atoms with Gasteiger partial charge < -0.3 is 10.1 Å². The zero-order valence-corrected chi connectivity index (χ0v) is 13.0. The summed E-state index contributed by atoms with van der Waals surface area (Å²) in [5, 5.41) is 3.22. The standard InChI is InChI=1S/C16H27FN2O/c1-13(2)11-19(9-10-20-4)12-16(18-3)14-7-5-6-8-15(14)17/h5-8,13,16,18H,9-12H2,1-4H3. The quantitative estimate of drug-likeness (QED) is 0.753. The van der Waals surface area contributed by atoms with Crippen LogP contribution in [-0.2, 0) is 4.74 Å². The van der Waals surface area contributed by atoms with Gasteiger partial charge in [0.2, 0.25) is 0 Å². The number of methoxy groups -OCH3 is 1. The molecule has 0 heterocycles. The van der Waals surface area contributed by atoms with Crippen molar-refractivity contribution in [3.63, 3.8) is 0 Å². The average Bonchev–Trinajstić information content (AvgIpc) is 2.42. The molecule has 20 heavy (non-hydrogen) atoms. The normalized spacial score (nSPS) is 13.2. The maximum absolute atomic E-state index is 13.9. The molecule has 0 saturated heterocycles. The van der Waals surface area contributed by atoms with Crippen molar-refractivity contribution in [1.82, 2.24) is 10.2 Å². The third-order valence-corrected chi connectivity index (χ3v) is 3.30. The van der Waals surface area contributed by atoms with Crippen LogP contribution < -0.4 is 5.32 Å². The monoisotopic (exact) mass is 282 g/mol. The number of ether oxygens (including phenoxy) is 1. The molecule has 3 nitrogen and oxygen atoms in total. The van der Waals surface area contributed by atoms with E-state index in [0.29, 0.717) is 12.5 Å². The maximum atomic E-state index is 13.9. The van der Waals surface area contributed by atoms with E-state index in [-0.39, 0.29) is 11.9 Å². The van der Waals surface area contributed by atoms with Crippen molar-refractivity contribution in [1.29, 1.82) is 0 Å². The maximum Gasteiger partial charge on any atom is 0.128 e. The Morgan fingerprint density at radius 2 is 1.95 bits per heavy atom. The van der Waals surface area contributed by atoms with Crippen molar-refractivity contribution >= 4 is 0 Å². The fraction of sp³-hybridized carbons (Fsp3) is 0.625. The number of nitrogens with zero attached hydrogens (tertiary/aromatic N) is 1. The third kappa shape index (κ3) is 5.57. The van der Waals surface area contributed by atoms with E-state index in [1.165, 1.54) is 6.07 Å². The molecule has 114 valence electrons. The molecular weight excluding hydrogens is 255 g/mol. The van der Waals surface area contributed by atoms with E-state index < -0.39 is 0 Å². The van der Waals surface area contributed by atoms with Crippen LogP contribution in [0.15, 0.2) is 24.3 Å². The molecule has 1 unspecified atom stereocenters. The summed E-state index contributed by atoms with van der Waals surface area (Å²) in [7, 11) is 3.58. The minimum absolute atomic E-state index is 0.00759. The molecule has 0 amide bonds.